The molecule has 0 aromatic heterocycles. The Morgan fingerprint density at radius 1 is 0.952 bits per heavy atom. The van der Waals surface area contributed by atoms with Gasteiger partial charge in [-0.3, -0.25) is 0 Å². The molecule has 112 valence electrons. The van der Waals surface area contributed by atoms with E-state index in [1.54, 1.807) is 21.3 Å². The molecule has 0 fully saturated rings. The summed E-state index contributed by atoms with van der Waals surface area (Å²) in [6.07, 6.45) is 0. The number of halogens is 1. The summed E-state index contributed by atoms with van der Waals surface area (Å²) in [5.41, 5.74) is 1.79. The average Bonchev–Trinajstić information content (AvgIpc) is 2.52. The summed E-state index contributed by atoms with van der Waals surface area (Å²) in [5.74, 6) is 2.20. The highest BCUT2D eigenvalue weighted by Gasteiger charge is 2.08. The first-order valence-electron chi connectivity index (χ1n) is 6.46. The zero-order chi connectivity index (χ0) is 15.2. The highest BCUT2D eigenvalue weighted by molar-refractivity contribution is 6.31. The van der Waals surface area contributed by atoms with Crippen LogP contribution in [0.3, 0.4) is 0 Å². The molecular weight excluding hydrogens is 290 g/mol. The monoisotopic (exact) mass is 307 g/mol. The third-order valence-corrected chi connectivity index (χ3v) is 3.47. The lowest BCUT2D eigenvalue weighted by Crippen LogP contribution is -2.03. The molecule has 0 aliphatic rings. The maximum atomic E-state index is 6.22. The minimum absolute atomic E-state index is 0.541. The van der Waals surface area contributed by atoms with E-state index >= 15 is 0 Å². The van der Waals surface area contributed by atoms with Gasteiger partial charge in [0.05, 0.1) is 21.3 Å². The van der Waals surface area contributed by atoms with Gasteiger partial charge in [0.1, 0.15) is 17.2 Å². The Kier molecular flexibility index (Phi) is 5.17. The molecule has 2 aromatic rings. The summed E-state index contributed by atoms with van der Waals surface area (Å²) in [5, 5.41) is 3.97. The van der Waals surface area contributed by atoms with E-state index in [1.165, 1.54) is 0 Å². The van der Waals surface area contributed by atoms with Gasteiger partial charge in [-0.15, -0.1) is 0 Å². The first kappa shape index (κ1) is 15.3. The highest BCUT2D eigenvalue weighted by Crippen LogP contribution is 2.29. The van der Waals surface area contributed by atoms with Crippen molar-refractivity contribution >= 4 is 17.3 Å². The first-order chi connectivity index (χ1) is 10.2. The van der Waals surface area contributed by atoms with Crippen LogP contribution in [0, 0.1) is 0 Å². The Balaban J connectivity index is 2.20. The van der Waals surface area contributed by atoms with Crippen LogP contribution < -0.4 is 19.5 Å². The zero-order valence-electron chi connectivity index (χ0n) is 12.3. The van der Waals surface area contributed by atoms with Crippen molar-refractivity contribution in [1.29, 1.82) is 0 Å². The van der Waals surface area contributed by atoms with E-state index in [4.69, 9.17) is 25.8 Å². The minimum Gasteiger partial charge on any atom is -0.497 e. The van der Waals surface area contributed by atoms with Crippen molar-refractivity contribution in [1.82, 2.24) is 0 Å². The predicted octanol–water partition coefficient (Wildman–Crippen LogP) is 3.98. The van der Waals surface area contributed by atoms with E-state index in [-0.39, 0.29) is 0 Å². The molecule has 0 saturated carbocycles. The van der Waals surface area contributed by atoms with Gasteiger partial charge in [-0.05, 0) is 12.1 Å². The average molecular weight is 308 g/mol. The van der Waals surface area contributed by atoms with E-state index in [0.717, 1.165) is 28.5 Å². The fraction of sp³-hybridized carbons (Fsp3) is 0.250. The molecule has 2 rings (SSSR count). The van der Waals surface area contributed by atoms with Gasteiger partial charge in [-0.1, -0.05) is 17.7 Å². The fourth-order valence-electron chi connectivity index (χ4n) is 2.00. The molecular formula is C16H18ClNO3. The lowest BCUT2D eigenvalue weighted by Gasteiger charge is -2.13. The Bertz CT molecular complexity index is 594. The van der Waals surface area contributed by atoms with E-state index in [1.807, 2.05) is 36.4 Å². The fourth-order valence-corrected chi connectivity index (χ4v) is 2.23. The third-order valence-electron chi connectivity index (χ3n) is 3.12. The molecule has 4 nitrogen and oxygen atoms in total. The van der Waals surface area contributed by atoms with Crippen molar-refractivity contribution in [2.75, 3.05) is 26.6 Å². The van der Waals surface area contributed by atoms with Crippen LogP contribution in [0.25, 0.3) is 0 Å². The predicted molar refractivity (Wildman–Crippen MR) is 84.9 cm³/mol. The topological polar surface area (TPSA) is 39.7 Å². The van der Waals surface area contributed by atoms with Gasteiger partial charge in [0.2, 0.25) is 0 Å². The van der Waals surface area contributed by atoms with Gasteiger partial charge in [0.15, 0.2) is 0 Å². The maximum absolute atomic E-state index is 6.22. The minimum atomic E-state index is 0.541. The number of ether oxygens (including phenoxy) is 3. The van der Waals surface area contributed by atoms with Crippen LogP contribution >= 0.6 is 11.6 Å². The molecule has 0 bridgehead atoms. The molecule has 0 heterocycles. The molecule has 2 aromatic carbocycles. The quantitative estimate of drug-likeness (QED) is 0.876. The molecule has 0 radical (unpaired) electrons. The van der Waals surface area contributed by atoms with Gasteiger partial charge in [0.25, 0.3) is 0 Å². The van der Waals surface area contributed by atoms with Gasteiger partial charge in [-0.25, -0.2) is 0 Å². The van der Waals surface area contributed by atoms with Crippen LogP contribution in [-0.4, -0.2) is 21.3 Å². The molecule has 0 amide bonds. The molecule has 0 aliphatic carbocycles. The molecule has 0 spiro atoms. The van der Waals surface area contributed by atoms with Gasteiger partial charge in [0, 0.05) is 41.0 Å². The second kappa shape index (κ2) is 7.09. The number of rotatable bonds is 6. The van der Waals surface area contributed by atoms with Crippen LogP contribution in [0.2, 0.25) is 5.02 Å². The van der Waals surface area contributed by atoms with Gasteiger partial charge >= 0.3 is 0 Å². The van der Waals surface area contributed by atoms with Crippen LogP contribution in [0.4, 0.5) is 5.69 Å². The normalized spacial score (nSPS) is 10.1. The van der Waals surface area contributed by atoms with E-state index in [9.17, 15) is 0 Å². The second-order valence-electron chi connectivity index (χ2n) is 4.38. The molecule has 5 heteroatoms. The second-order valence-corrected chi connectivity index (χ2v) is 4.78. The van der Waals surface area contributed by atoms with Crippen molar-refractivity contribution in [3.63, 3.8) is 0 Å². The van der Waals surface area contributed by atoms with Gasteiger partial charge < -0.3 is 19.5 Å². The van der Waals surface area contributed by atoms with E-state index in [2.05, 4.69) is 5.32 Å². The Hall–Kier alpha value is -2.07. The lowest BCUT2D eigenvalue weighted by atomic mass is 10.2. The Labute approximate surface area is 129 Å². The lowest BCUT2D eigenvalue weighted by molar-refractivity contribution is 0.394. The van der Waals surface area contributed by atoms with Crippen molar-refractivity contribution in [2.24, 2.45) is 0 Å². The van der Waals surface area contributed by atoms with Crippen LogP contribution in [0.5, 0.6) is 17.2 Å². The summed E-state index contributed by atoms with van der Waals surface area (Å²) in [7, 11) is 4.87. The number of anilines is 1. The van der Waals surface area contributed by atoms with Crippen LogP contribution in [0.15, 0.2) is 36.4 Å². The number of hydrogen-bond acceptors (Lipinski definition) is 4. The standard InChI is InChI=1S/C16H18ClNO3/c1-19-12-7-11(8-13(9-12)20-2)18-10-14-15(17)5-4-6-16(14)21-3/h4-9,18H,10H2,1-3H3. The van der Waals surface area contributed by atoms with Crippen molar-refractivity contribution in [2.45, 2.75) is 6.54 Å². The smallest absolute Gasteiger partial charge is 0.125 e. The summed E-state index contributed by atoms with van der Waals surface area (Å²) < 4.78 is 15.8. The van der Waals surface area contributed by atoms with Crippen molar-refractivity contribution in [3.05, 3.63) is 47.0 Å². The molecule has 0 saturated heterocycles. The molecule has 0 atom stereocenters. The number of hydrogen-bond donors (Lipinski definition) is 1. The number of methoxy groups -OCH3 is 3. The van der Waals surface area contributed by atoms with Crippen molar-refractivity contribution in [3.8, 4) is 17.2 Å². The van der Waals surface area contributed by atoms with Crippen LogP contribution in [0.1, 0.15) is 5.56 Å². The maximum Gasteiger partial charge on any atom is 0.125 e. The number of nitrogens with one attached hydrogen (secondary N) is 1. The van der Waals surface area contributed by atoms with E-state index < -0.39 is 0 Å². The summed E-state index contributed by atoms with van der Waals surface area (Å²) in [6, 6.07) is 11.2. The Morgan fingerprint density at radius 3 is 2.19 bits per heavy atom. The number of benzene rings is 2. The van der Waals surface area contributed by atoms with Gasteiger partial charge in [-0.2, -0.15) is 0 Å². The summed E-state index contributed by atoms with van der Waals surface area (Å²) in [6.45, 7) is 0.541. The Morgan fingerprint density at radius 2 is 1.62 bits per heavy atom. The summed E-state index contributed by atoms with van der Waals surface area (Å²) in [4.78, 5) is 0. The SMILES string of the molecule is COc1cc(NCc2c(Cl)cccc2OC)cc(OC)c1. The van der Waals surface area contributed by atoms with E-state index in [0.29, 0.717) is 11.6 Å². The first-order valence-corrected chi connectivity index (χ1v) is 6.84. The summed E-state index contributed by atoms with van der Waals surface area (Å²) >= 11 is 6.22. The van der Waals surface area contributed by atoms with Crippen molar-refractivity contribution < 1.29 is 14.2 Å². The third kappa shape index (κ3) is 3.73. The largest absolute Gasteiger partial charge is 0.497 e. The van der Waals surface area contributed by atoms with Crippen LogP contribution in [-0.2, 0) is 6.54 Å². The molecule has 21 heavy (non-hydrogen) atoms. The molecule has 0 aliphatic heterocycles. The molecule has 1 N–H and O–H groups in total. The highest BCUT2D eigenvalue weighted by atomic mass is 35.5. The molecule has 0 unspecified atom stereocenters. The zero-order valence-corrected chi connectivity index (χ0v) is 13.0.